The molecule has 2 rings (SSSR count). The van der Waals surface area contributed by atoms with Crippen molar-refractivity contribution in [3.63, 3.8) is 0 Å². The fourth-order valence-electron chi connectivity index (χ4n) is 1.35. The topological polar surface area (TPSA) is 72.0 Å². The van der Waals surface area contributed by atoms with Crippen molar-refractivity contribution >= 4 is 16.7 Å². The first-order valence-corrected chi connectivity index (χ1v) is 5.03. The lowest BCUT2D eigenvalue weighted by Gasteiger charge is -2.05. The van der Waals surface area contributed by atoms with E-state index in [1.54, 1.807) is 31.2 Å². The molecule has 1 aromatic carbocycles. The summed E-state index contributed by atoms with van der Waals surface area (Å²) in [6, 6.07) is 8.23. The number of hydrogen-bond acceptors (Lipinski definition) is 5. The summed E-state index contributed by atoms with van der Waals surface area (Å²) in [5.41, 5.74) is 0.524. The number of rotatable bonds is 3. The van der Waals surface area contributed by atoms with Crippen LogP contribution in [0, 0.1) is 0 Å². The lowest BCUT2D eigenvalue weighted by atomic mass is 10.2. The fraction of sp³-hybridized carbons (Fsp3) is 0.167. The van der Waals surface area contributed by atoms with Gasteiger partial charge >= 0.3 is 5.63 Å². The SMILES string of the molecule is C/C(COc1ccc2ccc(=O)oc2c1)=N\O. The number of benzene rings is 1. The van der Waals surface area contributed by atoms with Gasteiger partial charge < -0.3 is 14.4 Å². The van der Waals surface area contributed by atoms with Gasteiger partial charge in [0.2, 0.25) is 0 Å². The van der Waals surface area contributed by atoms with Gasteiger partial charge in [-0.05, 0) is 25.1 Å². The van der Waals surface area contributed by atoms with E-state index in [0.717, 1.165) is 5.39 Å². The molecule has 0 aliphatic rings. The predicted molar refractivity (Wildman–Crippen MR) is 62.9 cm³/mol. The molecule has 1 aromatic heterocycles. The van der Waals surface area contributed by atoms with E-state index < -0.39 is 5.63 Å². The highest BCUT2D eigenvalue weighted by Crippen LogP contribution is 2.19. The molecule has 2 aromatic rings. The smallest absolute Gasteiger partial charge is 0.336 e. The van der Waals surface area contributed by atoms with E-state index in [9.17, 15) is 4.79 Å². The Morgan fingerprint density at radius 1 is 1.41 bits per heavy atom. The molecule has 0 unspecified atom stereocenters. The number of oxime groups is 1. The van der Waals surface area contributed by atoms with Crippen molar-refractivity contribution in [1.29, 1.82) is 0 Å². The molecule has 88 valence electrons. The molecule has 0 saturated heterocycles. The van der Waals surface area contributed by atoms with Crippen LogP contribution in [-0.2, 0) is 0 Å². The molecule has 17 heavy (non-hydrogen) atoms. The first-order valence-electron chi connectivity index (χ1n) is 5.03. The molecule has 0 aliphatic heterocycles. The summed E-state index contributed by atoms with van der Waals surface area (Å²) in [6.07, 6.45) is 0. The Morgan fingerprint density at radius 2 is 2.18 bits per heavy atom. The molecule has 0 spiro atoms. The minimum absolute atomic E-state index is 0.180. The Labute approximate surface area is 96.9 Å². The summed E-state index contributed by atoms with van der Waals surface area (Å²) in [4.78, 5) is 11.0. The molecule has 0 aliphatic carbocycles. The zero-order valence-electron chi connectivity index (χ0n) is 9.21. The maximum atomic E-state index is 11.0. The van der Waals surface area contributed by atoms with Gasteiger partial charge in [-0.25, -0.2) is 4.79 Å². The van der Waals surface area contributed by atoms with Crippen LogP contribution < -0.4 is 10.4 Å². The van der Waals surface area contributed by atoms with Crippen LogP contribution in [0.3, 0.4) is 0 Å². The quantitative estimate of drug-likeness (QED) is 0.381. The van der Waals surface area contributed by atoms with Gasteiger partial charge in [-0.3, -0.25) is 0 Å². The lowest BCUT2D eigenvalue weighted by molar-refractivity contribution is 0.307. The van der Waals surface area contributed by atoms with Gasteiger partial charge in [0.25, 0.3) is 0 Å². The molecule has 5 heteroatoms. The second-order valence-corrected chi connectivity index (χ2v) is 3.58. The Kier molecular flexibility index (Phi) is 3.09. The highest BCUT2D eigenvalue weighted by molar-refractivity contribution is 5.83. The molecule has 0 fully saturated rings. The molecule has 0 amide bonds. The van der Waals surface area contributed by atoms with Crippen LogP contribution in [0.1, 0.15) is 6.92 Å². The molecule has 1 N–H and O–H groups in total. The summed E-state index contributed by atoms with van der Waals surface area (Å²) < 4.78 is 10.4. The van der Waals surface area contributed by atoms with Gasteiger partial charge in [0.15, 0.2) is 0 Å². The molecule has 0 atom stereocenters. The predicted octanol–water partition coefficient (Wildman–Crippen LogP) is 2.02. The van der Waals surface area contributed by atoms with Gasteiger partial charge in [-0.1, -0.05) is 5.16 Å². The van der Waals surface area contributed by atoms with E-state index in [2.05, 4.69) is 5.16 Å². The minimum Gasteiger partial charge on any atom is -0.487 e. The average Bonchev–Trinajstić information content (AvgIpc) is 2.35. The van der Waals surface area contributed by atoms with E-state index >= 15 is 0 Å². The second kappa shape index (κ2) is 4.69. The van der Waals surface area contributed by atoms with E-state index in [1.807, 2.05) is 0 Å². The summed E-state index contributed by atoms with van der Waals surface area (Å²) in [7, 11) is 0. The standard InChI is InChI=1S/C12H11NO4/c1-8(13-15)7-16-10-4-2-9-3-5-12(14)17-11(9)6-10/h2-6,15H,7H2,1H3/b13-8+. The van der Waals surface area contributed by atoms with Gasteiger partial charge in [0.1, 0.15) is 17.9 Å². The molecule has 0 bridgehead atoms. The summed E-state index contributed by atoms with van der Waals surface area (Å²) in [5.74, 6) is 0.551. The molecule has 0 saturated carbocycles. The number of hydrogen-bond donors (Lipinski definition) is 1. The van der Waals surface area contributed by atoms with E-state index in [-0.39, 0.29) is 6.61 Å². The normalized spacial score (nSPS) is 11.7. The van der Waals surface area contributed by atoms with Crippen molar-refractivity contribution in [2.24, 2.45) is 5.16 Å². The van der Waals surface area contributed by atoms with Crippen molar-refractivity contribution < 1.29 is 14.4 Å². The van der Waals surface area contributed by atoms with Crippen LogP contribution in [0.2, 0.25) is 0 Å². The largest absolute Gasteiger partial charge is 0.487 e. The molecule has 1 heterocycles. The third-order valence-electron chi connectivity index (χ3n) is 2.21. The first-order chi connectivity index (χ1) is 8.19. The average molecular weight is 233 g/mol. The van der Waals surface area contributed by atoms with Crippen LogP contribution >= 0.6 is 0 Å². The molecule has 0 radical (unpaired) electrons. The highest BCUT2D eigenvalue weighted by atomic mass is 16.5. The van der Waals surface area contributed by atoms with E-state index in [4.69, 9.17) is 14.4 Å². The van der Waals surface area contributed by atoms with Gasteiger partial charge in [0.05, 0.1) is 5.71 Å². The van der Waals surface area contributed by atoms with Gasteiger partial charge in [-0.15, -0.1) is 0 Å². The third-order valence-corrected chi connectivity index (χ3v) is 2.21. The number of nitrogens with zero attached hydrogens (tertiary/aromatic N) is 1. The highest BCUT2D eigenvalue weighted by Gasteiger charge is 2.01. The van der Waals surface area contributed by atoms with Crippen LogP contribution in [0.4, 0.5) is 0 Å². The van der Waals surface area contributed by atoms with Crippen molar-refractivity contribution in [1.82, 2.24) is 0 Å². The Bertz CT molecular complexity index is 615. The number of fused-ring (bicyclic) bond motifs is 1. The molecule has 5 nitrogen and oxygen atoms in total. The van der Waals surface area contributed by atoms with Crippen molar-refractivity contribution in [2.45, 2.75) is 6.92 Å². The Hall–Kier alpha value is -2.30. The first kappa shape index (κ1) is 11.2. The third kappa shape index (κ3) is 2.63. The van der Waals surface area contributed by atoms with Crippen LogP contribution in [-0.4, -0.2) is 17.5 Å². The maximum Gasteiger partial charge on any atom is 0.336 e. The summed E-state index contributed by atoms with van der Waals surface area (Å²) in [5, 5.41) is 12.3. The van der Waals surface area contributed by atoms with Gasteiger partial charge in [0, 0.05) is 17.5 Å². The lowest BCUT2D eigenvalue weighted by Crippen LogP contribution is -2.07. The van der Waals surface area contributed by atoms with Crippen molar-refractivity contribution in [3.05, 3.63) is 40.8 Å². The van der Waals surface area contributed by atoms with Crippen LogP contribution in [0.15, 0.2) is 44.7 Å². The van der Waals surface area contributed by atoms with Crippen molar-refractivity contribution in [3.8, 4) is 5.75 Å². The van der Waals surface area contributed by atoms with Crippen LogP contribution in [0.5, 0.6) is 5.75 Å². The van der Waals surface area contributed by atoms with Crippen LogP contribution in [0.25, 0.3) is 11.0 Å². The zero-order chi connectivity index (χ0) is 12.3. The molecular formula is C12H11NO4. The Morgan fingerprint density at radius 3 is 2.94 bits per heavy atom. The monoisotopic (exact) mass is 233 g/mol. The zero-order valence-corrected chi connectivity index (χ0v) is 9.21. The summed E-state index contributed by atoms with van der Waals surface area (Å²) in [6.45, 7) is 1.82. The number of ether oxygens (including phenoxy) is 1. The van der Waals surface area contributed by atoms with E-state index in [1.165, 1.54) is 6.07 Å². The maximum absolute atomic E-state index is 11.0. The van der Waals surface area contributed by atoms with Gasteiger partial charge in [-0.2, -0.15) is 0 Å². The minimum atomic E-state index is -0.400. The van der Waals surface area contributed by atoms with Crippen molar-refractivity contribution in [2.75, 3.05) is 6.61 Å². The summed E-state index contributed by atoms with van der Waals surface area (Å²) >= 11 is 0. The fourth-order valence-corrected chi connectivity index (χ4v) is 1.35. The van der Waals surface area contributed by atoms with E-state index in [0.29, 0.717) is 17.0 Å². The second-order valence-electron chi connectivity index (χ2n) is 3.58. The molecular weight excluding hydrogens is 222 g/mol. The Balaban J connectivity index is 2.28.